The molecular formula is C13H16O3S. The molecule has 17 heavy (non-hydrogen) atoms. The van der Waals surface area contributed by atoms with Gasteiger partial charge in [0.2, 0.25) is 0 Å². The Morgan fingerprint density at radius 3 is 2.59 bits per heavy atom. The van der Waals surface area contributed by atoms with Crippen LogP contribution in [0.3, 0.4) is 0 Å². The first-order valence-electron chi connectivity index (χ1n) is 5.64. The molecule has 1 atom stereocenters. The fourth-order valence-electron chi connectivity index (χ4n) is 1.89. The van der Waals surface area contributed by atoms with Gasteiger partial charge >= 0.3 is 0 Å². The van der Waals surface area contributed by atoms with Gasteiger partial charge in [-0.25, -0.2) is 8.42 Å². The van der Waals surface area contributed by atoms with Gasteiger partial charge in [-0.15, -0.1) is 0 Å². The molecule has 0 spiro atoms. The predicted octanol–water partition coefficient (Wildman–Crippen LogP) is 2.20. The summed E-state index contributed by atoms with van der Waals surface area (Å²) in [5, 5.41) is 0. The van der Waals surface area contributed by atoms with Crippen LogP contribution in [0.25, 0.3) is 0 Å². The summed E-state index contributed by atoms with van der Waals surface area (Å²) in [6, 6.07) is 8.54. The van der Waals surface area contributed by atoms with Gasteiger partial charge in [0.1, 0.15) is 0 Å². The molecule has 1 aromatic carbocycles. The van der Waals surface area contributed by atoms with Crippen LogP contribution >= 0.6 is 0 Å². The van der Waals surface area contributed by atoms with Crippen LogP contribution < -0.4 is 0 Å². The minimum absolute atomic E-state index is 0.0148. The average Bonchev–Trinajstić information content (AvgIpc) is 2.74. The minimum atomic E-state index is -3.17. The van der Waals surface area contributed by atoms with Crippen molar-refractivity contribution in [1.29, 1.82) is 0 Å². The molecular weight excluding hydrogens is 236 g/mol. The van der Waals surface area contributed by atoms with E-state index in [0.29, 0.717) is 17.9 Å². The van der Waals surface area contributed by atoms with Crippen LogP contribution in [-0.4, -0.2) is 26.9 Å². The third-order valence-electron chi connectivity index (χ3n) is 2.85. The first kappa shape index (κ1) is 12.3. The Kier molecular flexibility index (Phi) is 3.64. The summed E-state index contributed by atoms with van der Waals surface area (Å²) >= 11 is 0. The van der Waals surface area contributed by atoms with E-state index in [0.717, 1.165) is 12.0 Å². The van der Waals surface area contributed by atoms with Crippen LogP contribution in [0.4, 0.5) is 0 Å². The SMILES string of the molecule is C=C1CO[C@@H](CCS(=O)(=O)c2ccccc2)C1. The van der Waals surface area contributed by atoms with Gasteiger partial charge in [-0.2, -0.15) is 0 Å². The molecule has 1 heterocycles. The zero-order valence-corrected chi connectivity index (χ0v) is 10.4. The molecule has 0 aromatic heterocycles. The van der Waals surface area contributed by atoms with Gasteiger partial charge < -0.3 is 4.74 Å². The molecule has 1 fully saturated rings. The first-order chi connectivity index (χ1) is 8.08. The van der Waals surface area contributed by atoms with Crippen molar-refractivity contribution in [3.05, 3.63) is 42.5 Å². The maximum Gasteiger partial charge on any atom is 0.178 e. The van der Waals surface area contributed by atoms with Crippen LogP contribution in [0.15, 0.2) is 47.4 Å². The van der Waals surface area contributed by atoms with Crippen molar-refractivity contribution in [1.82, 2.24) is 0 Å². The molecule has 2 rings (SSSR count). The number of benzene rings is 1. The van der Waals surface area contributed by atoms with E-state index in [9.17, 15) is 8.42 Å². The standard InChI is InChI=1S/C13H16O3S/c1-11-9-12(16-10-11)7-8-17(14,15)13-5-3-2-4-6-13/h2-6,12H,1,7-10H2/t12-/m0/s1. The normalized spacial score (nSPS) is 20.7. The van der Waals surface area contributed by atoms with Crippen molar-refractivity contribution in [3.8, 4) is 0 Å². The number of hydrogen-bond acceptors (Lipinski definition) is 3. The summed E-state index contributed by atoms with van der Waals surface area (Å²) in [4.78, 5) is 0.386. The molecule has 0 radical (unpaired) electrons. The lowest BCUT2D eigenvalue weighted by atomic mass is 10.1. The molecule has 0 N–H and O–H groups in total. The van der Waals surface area contributed by atoms with Crippen molar-refractivity contribution in [2.75, 3.05) is 12.4 Å². The van der Waals surface area contributed by atoms with Gasteiger partial charge in [0.05, 0.1) is 23.4 Å². The van der Waals surface area contributed by atoms with Crippen LogP contribution in [0.2, 0.25) is 0 Å². The van der Waals surface area contributed by atoms with E-state index in [4.69, 9.17) is 4.74 Å². The summed E-state index contributed by atoms with van der Waals surface area (Å²) in [6.07, 6.45) is 1.33. The van der Waals surface area contributed by atoms with Gasteiger partial charge in [0, 0.05) is 0 Å². The lowest BCUT2D eigenvalue weighted by Crippen LogP contribution is -2.14. The van der Waals surface area contributed by atoms with Gasteiger partial charge in [-0.1, -0.05) is 24.8 Å². The van der Waals surface area contributed by atoms with Crippen molar-refractivity contribution in [2.45, 2.75) is 23.8 Å². The first-order valence-corrected chi connectivity index (χ1v) is 7.29. The smallest absolute Gasteiger partial charge is 0.178 e. The largest absolute Gasteiger partial charge is 0.374 e. The van der Waals surface area contributed by atoms with E-state index in [1.807, 2.05) is 6.07 Å². The summed E-state index contributed by atoms with van der Waals surface area (Å²) < 4.78 is 29.4. The van der Waals surface area contributed by atoms with Crippen LogP contribution in [0.5, 0.6) is 0 Å². The van der Waals surface area contributed by atoms with E-state index >= 15 is 0 Å². The molecule has 0 aliphatic carbocycles. The van der Waals surface area contributed by atoms with E-state index in [2.05, 4.69) is 6.58 Å². The minimum Gasteiger partial charge on any atom is -0.374 e. The maximum atomic E-state index is 12.0. The topological polar surface area (TPSA) is 43.4 Å². The summed E-state index contributed by atoms with van der Waals surface area (Å²) in [7, 11) is -3.17. The Labute approximate surface area is 102 Å². The van der Waals surface area contributed by atoms with E-state index in [1.54, 1.807) is 24.3 Å². The maximum absolute atomic E-state index is 12.0. The molecule has 1 saturated heterocycles. The van der Waals surface area contributed by atoms with Crippen molar-refractivity contribution < 1.29 is 13.2 Å². The third kappa shape index (κ3) is 3.17. The highest BCUT2D eigenvalue weighted by Gasteiger charge is 2.22. The van der Waals surface area contributed by atoms with E-state index in [-0.39, 0.29) is 11.9 Å². The van der Waals surface area contributed by atoms with Crippen molar-refractivity contribution >= 4 is 9.84 Å². The molecule has 0 amide bonds. The molecule has 3 nitrogen and oxygen atoms in total. The molecule has 1 aliphatic rings. The molecule has 0 bridgehead atoms. The van der Waals surface area contributed by atoms with E-state index in [1.165, 1.54) is 0 Å². The van der Waals surface area contributed by atoms with Crippen LogP contribution in [0.1, 0.15) is 12.8 Å². The Morgan fingerprint density at radius 1 is 1.29 bits per heavy atom. The highest BCUT2D eigenvalue weighted by Crippen LogP contribution is 2.21. The molecule has 1 aromatic rings. The number of sulfone groups is 1. The van der Waals surface area contributed by atoms with Gasteiger partial charge in [0.15, 0.2) is 9.84 Å². The Bertz CT molecular complexity index is 491. The number of hydrogen-bond donors (Lipinski definition) is 0. The van der Waals surface area contributed by atoms with Gasteiger partial charge in [-0.05, 0) is 30.5 Å². The fourth-order valence-corrected chi connectivity index (χ4v) is 3.27. The molecule has 92 valence electrons. The molecule has 4 heteroatoms. The second kappa shape index (κ2) is 5.02. The third-order valence-corrected chi connectivity index (χ3v) is 4.61. The second-order valence-corrected chi connectivity index (χ2v) is 6.42. The summed E-state index contributed by atoms with van der Waals surface area (Å²) in [5.74, 6) is 0.134. The monoisotopic (exact) mass is 252 g/mol. The summed E-state index contributed by atoms with van der Waals surface area (Å²) in [5.41, 5.74) is 1.05. The highest BCUT2D eigenvalue weighted by molar-refractivity contribution is 7.91. The lowest BCUT2D eigenvalue weighted by Gasteiger charge is -2.09. The Hall–Kier alpha value is -1.13. The lowest BCUT2D eigenvalue weighted by molar-refractivity contribution is 0.111. The van der Waals surface area contributed by atoms with Gasteiger partial charge in [0.25, 0.3) is 0 Å². The van der Waals surface area contributed by atoms with Crippen molar-refractivity contribution in [3.63, 3.8) is 0 Å². The van der Waals surface area contributed by atoms with Gasteiger partial charge in [-0.3, -0.25) is 0 Å². The van der Waals surface area contributed by atoms with E-state index < -0.39 is 9.84 Å². The number of rotatable bonds is 4. The predicted molar refractivity (Wildman–Crippen MR) is 66.6 cm³/mol. The van der Waals surface area contributed by atoms with Crippen molar-refractivity contribution in [2.24, 2.45) is 0 Å². The highest BCUT2D eigenvalue weighted by atomic mass is 32.2. The quantitative estimate of drug-likeness (QED) is 0.772. The zero-order valence-electron chi connectivity index (χ0n) is 9.63. The van der Waals surface area contributed by atoms with Crippen LogP contribution in [0, 0.1) is 0 Å². The molecule has 0 saturated carbocycles. The molecule has 1 aliphatic heterocycles. The second-order valence-electron chi connectivity index (χ2n) is 4.31. The van der Waals surface area contributed by atoms with Crippen LogP contribution in [-0.2, 0) is 14.6 Å². The summed E-state index contributed by atoms with van der Waals surface area (Å²) in [6.45, 7) is 4.40. The number of ether oxygens (including phenoxy) is 1. The molecule has 0 unspecified atom stereocenters. The fraction of sp³-hybridized carbons (Fsp3) is 0.385. The average molecular weight is 252 g/mol. The zero-order chi connectivity index (χ0) is 12.3. The Balaban J connectivity index is 1.97. The Morgan fingerprint density at radius 2 is 2.00 bits per heavy atom.